The van der Waals surface area contributed by atoms with Crippen LogP contribution in [0.15, 0.2) is 5.18 Å². The van der Waals surface area contributed by atoms with Gasteiger partial charge in [0.2, 0.25) is 0 Å². The van der Waals surface area contributed by atoms with E-state index in [1.807, 2.05) is 13.8 Å². The van der Waals surface area contributed by atoms with Crippen LogP contribution in [-0.2, 0) is 0 Å². The lowest BCUT2D eigenvalue weighted by atomic mass is 10.1. The zero-order chi connectivity index (χ0) is 6.57. The fraction of sp³-hybridized carbons (Fsp3) is 1.00. The minimum Gasteiger partial charge on any atom is -0.150 e. The number of halogens is 1. The van der Waals surface area contributed by atoms with E-state index in [4.69, 9.17) is 11.6 Å². The van der Waals surface area contributed by atoms with Gasteiger partial charge >= 0.3 is 0 Å². The fourth-order valence-electron chi connectivity index (χ4n) is 0.328. The summed E-state index contributed by atoms with van der Waals surface area (Å²) in [6, 6.07) is -0.211. The zero-order valence-corrected chi connectivity index (χ0v) is 5.85. The third-order valence-electron chi connectivity index (χ3n) is 1.06. The summed E-state index contributed by atoms with van der Waals surface area (Å²) in [4.78, 5) is 9.84. The van der Waals surface area contributed by atoms with Crippen molar-refractivity contribution in [2.45, 2.75) is 19.9 Å². The molecule has 0 aliphatic rings. The van der Waals surface area contributed by atoms with Crippen LogP contribution in [0.3, 0.4) is 0 Å². The molecule has 2 nitrogen and oxygen atoms in total. The van der Waals surface area contributed by atoms with Gasteiger partial charge in [0.1, 0.15) is 6.04 Å². The quantitative estimate of drug-likeness (QED) is 0.430. The summed E-state index contributed by atoms with van der Waals surface area (Å²) in [6.07, 6.45) is 0. The van der Waals surface area contributed by atoms with Crippen molar-refractivity contribution < 1.29 is 0 Å². The Morgan fingerprint density at radius 1 is 1.62 bits per heavy atom. The van der Waals surface area contributed by atoms with Gasteiger partial charge in [-0.1, -0.05) is 19.0 Å². The zero-order valence-electron chi connectivity index (χ0n) is 5.10. The Balaban J connectivity index is 3.51. The van der Waals surface area contributed by atoms with Gasteiger partial charge in [-0.15, -0.1) is 11.6 Å². The van der Waals surface area contributed by atoms with Crippen LogP contribution in [0.25, 0.3) is 0 Å². The molecule has 0 aliphatic heterocycles. The number of hydrogen-bond acceptors (Lipinski definition) is 2. The summed E-state index contributed by atoms with van der Waals surface area (Å²) in [6.45, 7) is 3.85. The molecule has 0 aromatic carbocycles. The maximum absolute atomic E-state index is 9.84. The van der Waals surface area contributed by atoms with Crippen LogP contribution in [-0.4, -0.2) is 11.9 Å². The lowest BCUT2D eigenvalue weighted by Gasteiger charge is -2.06. The second kappa shape index (κ2) is 3.84. The summed E-state index contributed by atoms with van der Waals surface area (Å²) in [5, 5.41) is 2.82. The van der Waals surface area contributed by atoms with Gasteiger partial charge in [0.05, 0.1) is 0 Å². The van der Waals surface area contributed by atoms with Crippen molar-refractivity contribution >= 4 is 11.6 Å². The van der Waals surface area contributed by atoms with E-state index in [1.165, 1.54) is 0 Å². The normalized spacial score (nSPS) is 14.0. The Labute approximate surface area is 54.2 Å². The first-order chi connectivity index (χ1) is 3.72. The third-order valence-corrected chi connectivity index (χ3v) is 1.38. The lowest BCUT2D eigenvalue weighted by Crippen LogP contribution is -2.13. The number of alkyl halides is 1. The van der Waals surface area contributed by atoms with Gasteiger partial charge in [-0.05, 0) is 5.92 Å². The predicted octanol–water partition coefficient (Wildman–Crippen LogP) is 2.02. The van der Waals surface area contributed by atoms with Crippen LogP contribution >= 0.6 is 11.6 Å². The molecule has 0 aromatic rings. The van der Waals surface area contributed by atoms with E-state index in [9.17, 15) is 4.91 Å². The Morgan fingerprint density at radius 3 is 2.12 bits per heavy atom. The van der Waals surface area contributed by atoms with Crippen molar-refractivity contribution in [1.29, 1.82) is 0 Å². The van der Waals surface area contributed by atoms with Crippen LogP contribution < -0.4 is 0 Å². The van der Waals surface area contributed by atoms with Gasteiger partial charge in [-0.3, -0.25) is 0 Å². The molecular weight excluding hydrogens is 126 g/mol. The molecule has 48 valence electrons. The molecule has 3 heteroatoms. The maximum Gasteiger partial charge on any atom is 0.108 e. The molecular formula is C5H10ClNO. The minimum absolute atomic E-state index is 0.211. The summed E-state index contributed by atoms with van der Waals surface area (Å²) in [5.41, 5.74) is 0. The average Bonchev–Trinajstić information content (AvgIpc) is 1.69. The van der Waals surface area contributed by atoms with Crippen LogP contribution in [0, 0.1) is 10.8 Å². The monoisotopic (exact) mass is 135 g/mol. The number of hydrogen-bond donors (Lipinski definition) is 0. The second-order valence-electron chi connectivity index (χ2n) is 2.07. The summed E-state index contributed by atoms with van der Waals surface area (Å²) < 4.78 is 0. The van der Waals surface area contributed by atoms with Crippen molar-refractivity contribution in [3.05, 3.63) is 4.91 Å². The molecule has 0 saturated heterocycles. The van der Waals surface area contributed by atoms with Gasteiger partial charge in [-0.2, -0.15) is 4.91 Å². The number of nitrogens with zero attached hydrogens (tertiary/aromatic N) is 1. The molecule has 0 aromatic heterocycles. The van der Waals surface area contributed by atoms with E-state index in [2.05, 4.69) is 5.18 Å². The van der Waals surface area contributed by atoms with Crippen LogP contribution in [0.5, 0.6) is 0 Å². The molecule has 1 unspecified atom stereocenters. The molecule has 0 N–H and O–H groups in total. The van der Waals surface area contributed by atoms with Crippen LogP contribution in [0.2, 0.25) is 0 Å². The minimum atomic E-state index is -0.211. The molecule has 0 saturated carbocycles. The van der Waals surface area contributed by atoms with Gasteiger partial charge in [-0.25, -0.2) is 0 Å². The average molecular weight is 136 g/mol. The molecule has 0 aliphatic carbocycles. The molecule has 0 spiro atoms. The molecule has 0 heterocycles. The van der Waals surface area contributed by atoms with Crippen molar-refractivity contribution in [1.82, 2.24) is 0 Å². The van der Waals surface area contributed by atoms with E-state index in [0.29, 0.717) is 5.88 Å². The first kappa shape index (κ1) is 7.89. The third kappa shape index (κ3) is 2.26. The van der Waals surface area contributed by atoms with E-state index in [1.54, 1.807) is 0 Å². The first-order valence-corrected chi connectivity index (χ1v) is 3.14. The highest BCUT2D eigenvalue weighted by Gasteiger charge is 2.10. The standard InChI is InChI=1S/C5H10ClNO/c1-4(2)5(3-6)7-8/h4-5H,3H2,1-2H3. The Kier molecular flexibility index (Phi) is 3.79. The predicted molar refractivity (Wildman–Crippen MR) is 35.1 cm³/mol. The van der Waals surface area contributed by atoms with Gasteiger partial charge in [0.15, 0.2) is 0 Å². The summed E-state index contributed by atoms with van der Waals surface area (Å²) in [7, 11) is 0. The van der Waals surface area contributed by atoms with Crippen molar-refractivity contribution in [3.63, 3.8) is 0 Å². The van der Waals surface area contributed by atoms with Crippen LogP contribution in [0.1, 0.15) is 13.8 Å². The molecule has 0 amide bonds. The smallest absolute Gasteiger partial charge is 0.108 e. The highest BCUT2D eigenvalue weighted by molar-refractivity contribution is 6.18. The van der Waals surface area contributed by atoms with Gasteiger partial charge < -0.3 is 0 Å². The largest absolute Gasteiger partial charge is 0.150 e. The molecule has 0 fully saturated rings. The van der Waals surface area contributed by atoms with E-state index in [-0.39, 0.29) is 12.0 Å². The van der Waals surface area contributed by atoms with Crippen molar-refractivity contribution in [2.24, 2.45) is 11.1 Å². The Morgan fingerprint density at radius 2 is 2.12 bits per heavy atom. The van der Waals surface area contributed by atoms with E-state index >= 15 is 0 Å². The number of nitroso groups, excluding NO2 is 1. The number of rotatable bonds is 3. The second-order valence-corrected chi connectivity index (χ2v) is 2.38. The van der Waals surface area contributed by atoms with Crippen molar-refractivity contribution in [3.8, 4) is 0 Å². The Hall–Kier alpha value is -0.110. The summed E-state index contributed by atoms with van der Waals surface area (Å²) >= 11 is 5.37. The highest BCUT2D eigenvalue weighted by atomic mass is 35.5. The molecule has 0 bridgehead atoms. The van der Waals surface area contributed by atoms with Crippen molar-refractivity contribution in [2.75, 3.05) is 5.88 Å². The SMILES string of the molecule is CC(C)C(CCl)N=O. The van der Waals surface area contributed by atoms with E-state index < -0.39 is 0 Å². The molecule has 0 rings (SSSR count). The Bertz CT molecular complexity index is 74.8. The molecule has 1 atom stereocenters. The lowest BCUT2D eigenvalue weighted by molar-refractivity contribution is 0.532. The van der Waals surface area contributed by atoms with Gasteiger partial charge in [0.25, 0.3) is 0 Å². The molecule has 8 heavy (non-hydrogen) atoms. The maximum atomic E-state index is 9.84. The fourth-order valence-corrected chi connectivity index (χ4v) is 0.741. The van der Waals surface area contributed by atoms with E-state index in [0.717, 1.165) is 0 Å². The first-order valence-electron chi connectivity index (χ1n) is 2.60. The topological polar surface area (TPSA) is 29.4 Å². The van der Waals surface area contributed by atoms with Gasteiger partial charge in [0, 0.05) is 5.88 Å². The molecule has 0 radical (unpaired) electrons. The van der Waals surface area contributed by atoms with Crippen LogP contribution in [0.4, 0.5) is 0 Å². The highest BCUT2D eigenvalue weighted by Crippen LogP contribution is 2.06. The summed E-state index contributed by atoms with van der Waals surface area (Å²) in [5.74, 6) is 0.603.